The van der Waals surface area contributed by atoms with Crippen LogP contribution in [-0.2, 0) is 15.6 Å². The monoisotopic (exact) mass is 267 g/mol. The summed E-state index contributed by atoms with van der Waals surface area (Å²) in [7, 11) is -0.827. The minimum atomic E-state index is -0.827. The molecule has 0 N–H and O–H groups in total. The van der Waals surface area contributed by atoms with Crippen LogP contribution in [0.3, 0.4) is 0 Å². The smallest absolute Gasteiger partial charge is 0.236 e. The molecule has 1 fully saturated rings. The summed E-state index contributed by atoms with van der Waals surface area (Å²) in [6.45, 7) is 2.73. The number of hydrogen-bond donors (Lipinski definition) is 0. The number of hydrogen-bond acceptors (Lipinski definition) is 2. The highest BCUT2D eigenvalue weighted by atomic mass is 79.9. The van der Waals surface area contributed by atoms with Crippen LogP contribution in [0, 0.1) is 0 Å². The molecule has 13 heavy (non-hydrogen) atoms. The molecule has 3 nitrogen and oxygen atoms in total. The van der Waals surface area contributed by atoms with E-state index >= 15 is 0 Å². The molecule has 1 aliphatic rings. The number of alkyl halides is 1. The molecule has 3 unspecified atom stereocenters. The summed E-state index contributed by atoms with van der Waals surface area (Å²) >= 11 is 3.31. The van der Waals surface area contributed by atoms with Crippen LogP contribution in [0.2, 0.25) is 0 Å². The van der Waals surface area contributed by atoms with Gasteiger partial charge in [-0.25, -0.2) is 0 Å². The Labute approximate surface area is 89.5 Å². The number of nitrogens with zero attached hydrogens (tertiary/aromatic N) is 1. The number of carbonyl (C=O) groups is 1. The van der Waals surface area contributed by atoms with Gasteiger partial charge in [-0.1, -0.05) is 15.9 Å². The van der Waals surface area contributed by atoms with Crippen molar-refractivity contribution in [2.45, 2.75) is 24.2 Å². The van der Waals surface area contributed by atoms with Crippen molar-refractivity contribution in [3.8, 4) is 0 Å². The van der Waals surface area contributed by atoms with Gasteiger partial charge in [0.25, 0.3) is 0 Å². The molecule has 0 bridgehead atoms. The summed E-state index contributed by atoms with van der Waals surface area (Å²) in [5.74, 6) is 0.712. The largest absolute Gasteiger partial charge is 0.338 e. The third-order valence-electron chi connectivity index (χ3n) is 2.18. The second-order valence-corrected chi connectivity index (χ2v) is 5.96. The van der Waals surface area contributed by atoms with Gasteiger partial charge in [-0.15, -0.1) is 0 Å². The zero-order valence-corrected chi connectivity index (χ0v) is 10.2. The van der Waals surface area contributed by atoms with Crippen molar-refractivity contribution in [3.63, 3.8) is 0 Å². The van der Waals surface area contributed by atoms with E-state index in [1.807, 2.05) is 6.92 Å². The molecule has 0 aromatic carbocycles. The fourth-order valence-corrected chi connectivity index (χ4v) is 2.86. The van der Waals surface area contributed by atoms with Crippen LogP contribution in [0.5, 0.6) is 0 Å². The Hall–Kier alpha value is 0.1000. The van der Waals surface area contributed by atoms with Crippen LogP contribution in [-0.4, -0.2) is 44.4 Å². The molecule has 0 saturated carbocycles. The molecule has 3 atom stereocenters. The number of amides is 1. The first-order valence-electron chi connectivity index (χ1n) is 4.27. The summed E-state index contributed by atoms with van der Waals surface area (Å²) in [6.07, 6.45) is 2.53. The van der Waals surface area contributed by atoms with E-state index in [2.05, 4.69) is 15.9 Å². The number of likely N-dealkylation sites (tertiary alicyclic amines) is 1. The maximum atomic E-state index is 11.5. The van der Waals surface area contributed by atoms with Crippen LogP contribution in [0.25, 0.3) is 0 Å². The van der Waals surface area contributed by atoms with Crippen molar-refractivity contribution in [3.05, 3.63) is 0 Å². The molecule has 1 saturated heterocycles. The summed E-state index contributed by atoms with van der Waals surface area (Å²) in [5, 5.41) is 0. The normalized spacial score (nSPS) is 27.8. The highest BCUT2D eigenvalue weighted by Crippen LogP contribution is 2.20. The first-order valence-corrected chi connectivity index (χ1v) is 6.91. The predicted molar refractivity (Wildman–Crippen MR) is 57.4 cm³/mol. The van der Waals surface area contributed by atoms with Crippen molar-refractivity contribution < 1.29 is 9.00 Å². The van der Waals surface area contributed by atoms with E-state index in [9.17, 15) is 9.00 Å². The Balaban J connectivity index is 2.53. The van der Waals surface area contributed by atoms with Gasteiger partial charge in [-0.05, 0) is 13.3 Å². The molecular formula is C8H14BrNO2S. The van der Waals surface area contributed by atoms with Crippen molar-refractivity contribution in [2.24, 2.45) is 0 Å². The van der Waals surface area contributed by atoms with Crippen LogP contribution in [0.1, 0.15) is 13.3 Å². The second-order valence-electron chi connectivity index (χ2n) is 3.38. The highest BCUT2D eigenvalue weighted by Gasteiger charge is 2.32. The quantitative estimate of drug-likeness (QED) is 0.708. The van der Waals surface area contributed by atoms with Gasteiger partial charge in [0.05, 0.1) is 4.83 Å². The average Bonchev–Trinajstić information content (AvgIpc) is 2.31. The van der Waals surface area contributed by atoms with E-state index in [-0.39, 0.29) is 16.8 Å². The lowest BCUT2D eigenvalue weighted by Crippen LogP contribution is -2.38. The van der Waals surface area contributed by atoms with Gasteiger partial charge in [0, 0.05) is 35.4 Å². The van der Waals surface area contributed by atoms with Gasteiger partial charge in [-0.2, -0.15) is 0 Å². The first-order chi connectivity index (χ1) is 6.02. The van der Waals surface area contributed by atoms with Crippen molar-refractivity contribution >= 4 is 32.6 Å². The molecule has 1 rings (SSSR count). The summed E-state index contributed by atoms with van der Waals surface area (Å²) in [6, 6.07) is 0.0980. The maximum Gasteiger partial charge on any atom is 0.236 e. The van der Waals surface area contributed by atoms with Gasteiger partial charge in [0.15, 0.2) is 0 Å². The Kier molecular flexibility index (Phi) is 3.91. The lowest BCUT2D eigenvalue weighted by molar-refractivity contribution is -0.128. The number of rotatable bonds is 3. The molecule has 0 radical (unpaired) electrons. The fraction of sp³-hybridized carbons (Fsp3) is 0.875. The zero-order chi connectivity index (χ0) is 10.0. The van der Waals surface area contributed by atoms with Crippen LogP contribution in [0.4, 0.5) is 0 Å². The van der Waals surface area contributed by atoms with Crippen LogP contribution < -0.4 is 0 Å². The van der Waals surface area contributed by atoms with Gasteiger partial charge < -0.3 is 4.90 Å². The zero-order valence-electron chi connectivity index (χ0n) is 7.83. The van der Waals surface area contributed by atoms with E-state index < -0.39 is 10.8 Å². The lowest BCUT2D eigenvalue weighted by Gasteiger charge is -2.23. The minimum Gasteiger partial charge on any atom is -0.338 e. The molecule has 5 heteroatoms. The Morgan fingerprint density at radius 1 is 1.77 bits per heavy atom. The SMILES string of the molecule is CC(CS(C)=O)N1CCC(Br)C1=O. The molecule has 0 spiro atoms. The first kappa shape index (κ1) is 11.2. The third kappa shape index (κ3) is 2.77. The third-order valence-corrected chi connectivity index (χ3v) is 3.98. The molecule has 1 aliphatic heterocycles. The molecule has 0 aliphatic carbocycles. The van der Waals surface area contributed by atoms with Crippen molar-refractivity contribution in [1.29, 1.82) is 0 Å². The molecular weight excluding hydrogens is 254 g/mol. The maximum absolute atomic E-state index is 11.5. The van der Waals surface area contributed by atoms with E-state index in [1.54, 1.807) is 11.2 Å². The van der Waals surface area contributed by atoms with Crippen molar-refractivity contribution in [2.75, 3.05) is 18.6 Å². The van der Waals surface area contributed by atoms with E-state index in [4.69, 9.17) is 0 Å². The predicted octanol–water partition coefficient (Wildman–Crippen LogP) is 0.749. The van der Waals surface area contributed by atoms with Gasteiger partial charge in [0.2, 0.25) is 5.91 Å². The molecule has 76 valence electrons. The second kappa shape index (κ2) is 4.55. The summed E-state index contributed by atoms with van der Waals surface area (Å²) < 4.78 is 11.0. The molecule has 1 heterocycles. The molecule has 1 amide bonds. The highest BCUT2D eigenvalue weighted by molar-refractivity contribution is 9.10. The van der Waals surface area contributed by atoms with E-state index in [1.165, 1.54) is 0 Å². The summed E-state index contributed by atoms with van der Waals surface area (Å²) in [4.78, 5) is 13.3. The van der Waals surface area contributed by atoms with E-state index in [0.29, 0.717) is 5.75 Å². The fourth-order valence-electron chi connectivity index (χ4n) is 1.53. The minimum absolute atomic E-state index is 0.0276. The molecule has 0 aromatic heterocycles. The lowest BCUT2D eigenvalue weighted by atomic mass is 10.3. The van der Waals surface area contributed by atoms with Gasteiger partial charge in [-0.3, -0.25) is 9.00 Å². The Morgan fingerprint density at radius 2 is 2.38 bits per heavy atom. The molecule has 0 aromatic rings. The van der Waals surface area contributed by atoms with E-state index in [0.717, 1.165) is 13.0 Å². The summed E-state index contributed by atoms with van der Waals surface area (Å²) in [5.41, 5.74) is 0. The topological polar surface area (TPSA) is 37.4 Å². The average molecular weight is 268 g/mol. The van der Waals surface area contributed by atoms with Crippen molar-refractivity contribution in [1.82, 2.24) is 4.90 Å². The van der Waals surface area contributed by atoms with Crippen LogP contribution >= 0.6 is 15.9 Å². The Morgan fingerprint density at radius 3 is 2.77 bits per heavy atom. The number of carbonyl (C=O) groups excluding carboxylic acids is 1. The standard InChI is InChI=1S/C8H14BrNO2S/c1-6(5-13(2)12)10-4-3-7(9)8(10)11/h6-7H,3-5H2,1-2H3. The van der Waals surface area contributed by atoms with Crippen LogP contribution in [0.15, 0.2) is 0 Å². The number of halogens is 1. The Bertz CT molecular complexity index is 234. The van der Waals surface area contributed by atoms with Gasteiger partial charge >= 0.3 is 0 Å². The van der Waals surface area contributed by atoms with Gasteiger partial charge in [0.1, 0.15) is 0 Å².